The molecule has 3 rings (SSSR count). The van der Waals surface area contributed by atoms with Gasteiger partial charge >= 0.3 is 0 Å². The van der Waals surface area contributed by atoms with E-state index >= 15 is 0 Å². The molecule has 2 aromatic rings. The maximum Gasteiger partial charge on any atom is 0.249 e. The number of primary amides is 1. The highest BCUT2D eigenvalue weighted by Crippen LogP contribution is 2.43. The molecule has 0 atom stereocenters. The molecule has 136 valence electrons. The summed E-state index contributed by atoms with van der Waals surface area (Å²) in [4.78, 5) is 24.2. The number of fused-ring (bicyclic) bond motifs is 3. The van der Waals surface area contributed by atoms with Crippen molar-refractivity contribution in [3.05, 3.63) is 51.5 Å². The van der Waals surface area contributed by atoms with E-state index < -0.39 is 11.3 Å². The maximum atomic E-state index is 12.4. The molecule has 0 bridgehead atoms. The SMILES string of the molecule is CC(C)(CCO)C(=O)Nc1ccc2c(c1)Cc1c(C(N)=O)ccc(Br)c1-2. The Balaban J connectivity index is 1.93. The van der Waals surface area contributed by atoms with Crippen molar-refractivity contribution in [1.29, 1.82) is 0 Å². The van der Waals surface area contributed by atoms with Crippen molar-refractivity contribution in [3.8, 4) is 11.1 Å². The summed E-state index contributed by atoms with van der Waals surface area (Å²) >= 11 is 3.56. The van der Waals surface area contributed by atoms with Gasteiger partial charge in [0, 0.05) is 33.3 Å². The Morgan fingerprint density at radius 3 is 2.65 bits per heavy atom. The molecule has 0 unspecified atom stereocenters. The molecule has 6 heteroatoms. The second-order valence-electron chi connectivity index (χ2n) is 7.17. The number of carbonyl (C=O) groups excluding carboxylic acids is 2. The molecule has 26 heavy (non-hydrogen) atoms. The van der Waals surface area contributed by atoms with Crippen molar-refractivity contribution in [2.24, 2.45) is 11.1 Å². The van der Waals surface area contributed by atoms with Crippen molar-refractivity contribution in [3.63, 3.8) is 0 Å². The number of aliphatic hydroxyl groups is 1. The number of amides is 2. The second-order valence-corrected chi connectivity index (χ2v) is 8.03. The van der Waals surface area contributed by atoms with Gasteiger partial charge in [-0.1, -0.05) is 35.8 Å². The van der Waals surface area contributed by atoms with Crippen molar-refractivity contribution in [2.45, 2.75) is 26.7 Å². The quantitative estimate of drug-likeness (QED) is 0.594. The zero-order chi connectivity index (χ0) is 19.1. The summed E-state index contributed by atoms with van der Waals surface area (Å²) < 4.78 is 0.914. The van der Waals surface area contributed by atoms with Gasteiger partial charge in [0.25, 0.3) is 0 Å². The molecular formula is C20H21BrN2O3. The molecule has 0 radical (unpaired) electrons. The average Bonchev–Trinajstić information content (AvgIpc) is 2.93. The van der Waals surface area contributed by atoms with E-state index in [-0.39, 0.29) is 12.5 Å². The Bertz CT molecular complexity index is 906. The summed E-state index contributed by atoms with van der Waals surface area (Å²) in [6.07, 6.45) is 0.982. The Morgan fingerprint density at radius 1 is 1.27 bits per heavy atom. The fraction of sp³-hybridized carbons (Fsp3) is 0.300. The molecule has 0 fully saturated rings. The van der Waals surface area contributed by atoms with E-state index in [4.69, 9.17) is 10.8 Å². The summed E-state index contributed by atoms with van der Waals surface area (Å²) in [6.45, 7) is 3.57. The van der Waals surface area contributed by atoms with Crippen molar-refractivity contribution in [1.82, 2.24) is 0 Å². The number of carbonyl (C=O) groups is 2. The highest BCUT2D eigenvalue weighted by atomic mass is 79.9. The molecule has 4 N–H and O–H groups in total. The van der Waals surface area contributed by atoms with Crippen molar-refractivity contribution >= 4 is 33.4 Å². The van der Waals surface area contributed by atoms with Crippen LogP contribution in [0.25, 0.3) is 11.1 Å². The van der Waals surface area contributed by atoms with Gasteiger partial charge < -0.3 is 16.2 Å². The van der Waals surface area contributed by atoms with Crippen LogP contribution in [-0.2, 0) is 11.2 Å². The number of nitrogens with two attached hydrogens (primary N) is 1. The first kappa shape index (κ1) is 18.6. The van der Waals surface area contributed by atoms with E-state index in [1.54, 1.807) is 19.9 Å². The molecule has 2 amide bonds. The van der Waals surface area contributed by atoms with Crippen LogP contribution in [0.2, 0.25) is 0 Å². The minimum absolute atomic E-state index is 0.0379. The van der Waals surface area contributed by atoms with Crippen LogP contribution in [0.5, 0.6) is 0 Å². The number of halogens is 1. The number of hydrogen-bond donors (Lipinski definition) is 3. The number of anilines is 1. The first-order chi connectivity index (χ1) is 12.2. The van der Waals surface area contributed by atoms with E-state index in [2.05, 4.69) is 21.2 Å². The van der Waals surface area contributed by atoms with Gasteiger partial charge in [-0.3, -0.25) is 9.59 Å². The molecule has 0 spiro atoms. The van der Waals surface area contributed by atoms with Crippen molar-refractivity contribution in [2.75, 3.05) is 11.9 Å². The lowest BCUT2D eigenvalue weighted by molar-refractivity contribution is -0.124. The monoisotopic (exact) mass is 416 g/mol. The molecule has 1 aliphatic carbocycles. The summed E-state index contributed by atoms with van der Waals surface area (Å²) in [5.41, 5.74) is 10.0. The van der Waals surface area contributed by atoms with E-state index in [9.17, 15) is 9.59 Å². The number of rotatable bonds is 5. The third kappa shape index (κ3) is 3.27. The van der Waals surface area contributed by atoms with Gasteiger partial charge in [0.2, 0.25) is 11.8 Å². The average molecular weight is 417 g/mol. The lowest BCUT2D eigenvalue weighted by Gasteiger charge is -2.22. The second kappa shape index (κ2) is 6.85. The number of aliphatic hydroxyl groups excluding tert-OH is 1. The lowest BCUT2D eigenvalue weighted by Crippen LogP contribution is -2.31. The molecule has 0 aliphatic heterocycles. The topological polar surface area (TPSA) is 92.4 Å². The Labute approximate surface area is 160 Å². The van der Waals surface area contributed by atoms with Crippen molar-refractivity contribution < 1.29 is 14.7 Å². The standard InChI is InChI=1S/C20H21BrN2O3/c1-20(2,7-8-24)19(26)23-12-3-4-13-11(9-12)10-15-14(18(22)25)5-6-16(21)17(13)15/h3-6,9,24H,7-8,10H2,1-2H3,(H2,22,25)(H,23,26). The minimum Gasteiger partial charge on any atom is -0.396 e. The summed E-state index contributed by atoms with van der Waals surface area (Å²) in [7, 11) is 0. The van der Waals surface area contributed by atoms with Gasteiger partial charge in [-0.15, -0.1) is 0 Å². The fourth-order valence-electron chi connectivity index (χ4n) is 3.27. The van der Waals surface area contributed by atoms with Gasteiger partial charge in [-0.2, -0.15) is 0 Å². The van der Waals surface area contributed by atoms with Gasteiger partial charge in [0.05, 0.1) is 0 Å². The van der Waals surface area contributed by atoms with Gasteiger partial charge in [-0.05, 0) is 53.8 Å². The Kier molecular flexibility index (Phi) is 4.90. The zero-order valence-corrected chi connectivity index (χ0v) is 16.3. The summed E-state index contributed by atoms with van der Waals surface area (Å²) in [5, 5.41) is 12.0. The van der Waals surface area contributed by atoms with Gasteiger partial charge in [-0.25, -0.2) is 0 Å². The molecular weight excluding hydrogens is 396 g/mol. The van der Waals surface area contributed by atoms with Crippen LogP contribution in [0.15, 0.2) is 34.8 Å². The lowest BCUT2D eigenvalue weighted by atomic mass is 9.88. The first-order valence-corrected chi connectivity index (χ1v) is 9.20. The van der Waals surface area contributed by atoms with Crippen LogP contribution in [-0.4, -0.2) is 23.5 Å². The smallest absolute Gasteiger partial charge is 0.249 e. The maximum absolute atomic E-state index is 12.4. The number of nitrogens with one attached hydrogen (secondary N) is 1. The third-order valence-electron chi connectivity index (χ3n) is 4.88. The van der Waals surface area contributed by atoms with Crippen LogP contribution in [0.1, 0.15) is 41.8 Å². The van der Waals surface area contributed by atoms with Crippen LogP contribution >= 0.6 is 15.9 Å². The molecule has 2 aromatic carbocycles. The largest absolute Gasteiger partial charge is 0.396 e. The van der Waals surface area contributed by atoms with Crippen LogP contribution in [0.4, 0.5) is 5.69 Å². The van der Waals surface area contributed by atoms with E-state index in [0.717, 1.165) is 26.7 Å². The van der Waals surface area contributed by atoms with E-state index in [0.29, 0.717) is 24.1 Å². The first-order valence-electron chi connectivity index (χ1n) is 8.41. The molecule has 0 saturated carbocycles. The minimum atomic E-state index is -0.654. The fourth-order valence-corrected chi connectivity index (χ4v) is 3.86. The zero-order valence-electron chi connectivity index (χ0n) is 14.7. The predicted octanol–water partition coefficient (Wildman–Crippen LogP) is 3.47. The van der Waals surface area contributed by atoms with Gasteiger partial charge in [0.15, 0.2) is 0 Å². The molecule has 0 aromatic heterocycles. The molecule has 0 heterocycles. The molecule has 1 aliphatic rings. The predicted molar refractivity (Wildman–Crippen MR) is 105 cm³/mol. The molecule has 5 nitrogen and oxygen atoms in total. The van der Waals surface area contributed by atoms with Crippen LogP contribution in [0, 0.1) is 5.41 Å². The summed E-state index contributed by atoms with van der Waals surface area (Å²) in [5.74, 6) is -0.582. The van der Waals surface area contributed by atoms with E-state index in [1.165, 1.54) is 0 Å². The van der Waals surface area contributed by atoms with Crippen LogP contribution in [0.3, 0.4) is 0 Å². The van der Waals surface area contributed by atoms with E-state index in [1.807, 2.05) is 24.3 Å². The number of hydrogen-bond acceptors (Lipinski definition) is 3. The van der Waals surface area contributed by atoms with Crippen LogP contribution < -0.4 is 11.1 Å². The highest BCUT2D eigenvalue weighted by molar-refractivity contribution is 9.10. The summed E-state index contributed by atoms with van der Waals surface area (Å²) in [6, 6.07) is 9.30. The Morgan fingerprint density at radius 2 is 2.00 bits per heavy atom. The molecule has 0 saturated heterocycles. The Hall–Kier alpha value is -2.18. The third-order valence-corrected chi connectivity index (χ3v) is 5.54. The normalized spacial score (nSPS) is 12.5. The number of benzene rings is 2. The highest BCUT2D eigenvalue weighted by Gasteiger charge is 2.28. The van der Waals surface area contributed by atoms with Gasteiger partial charge in [0.1, 0.15) is 0 Å².